The molecule has 2 aromatic carbocycles. The molecule has 0 amide bonds. The van der Waals surface area contributed by atoms with Gasteiger partial charge in [-0.1, -0.05) is 12.1 Å². The van der Waals surface area contributed by atoms with Crippen molar-refractivity contribution in [3.63, 3.8) is 0 Å². The summed E-state index contributed by atoms with van der Waals surface area (Å²) in [5.41, 5.74) is -1.65. The van der Waals surface area contributed by atoms with Gasteiger partial charge >= 0.3 is 5.97 Å². The minimum atomic E-state index is -1.57. The van der Waals surface area contributed by atoms with E-state index in [0.29, 0.717) is 0 Å². The van der Waals surface area contributed by atoms with Crippen LogP contribution in [-0.2, 0) is 0 Å². The van der Waals surface area contributed by atoms with Gasteiger partial charge in [0.2, 0.25) is 11.1 Å². The summed E-state index contributed by atoms with van der Waals surface area (Å²) in [4.78, 5) is 23.2. The molecule has 0 aliphatic heterocycles. The molecule has 0 atom stereocenters. The molecule has 0 saturated heterocycles. The molecule has 7 heteroatoms. The number of para-hydroxylation sites is 1. The summed E-state index contributed by atoms with van der Waals surface area (Å²) in [6.07, 6.45) is 0. The molecule has 0 radical (unpaired) electrons. The van der Waals surface area contributed by atoms with Crippen LogP contribution in [0.3, 0.4) is 0 Å². The number of halogens is 2. The topological polar surface area (TPSA) is 72.2 Å². The summed E-state index contributed by atoms with van der Waals surface area (Å²) in [6.45, 7) is 0. The van der Waals surface area contributed by atoms with E-state index in [9.17, 15) is 18.4 Å². The lowest BCUT2D eigenvalue weighted by Crippen LogP contribution is -2.22. The molecule has 1 heterocycles. The molecule has 5 nitrogen and oxygen atoms in total. The Bertz CT molecular complexity index is 967. The molecule has 3 rings (SSSR count). The number of carboxylic acids is 1. The number of rotatable bonds is 2. The van der Waals surface area contributed by atoms with Gasteiger partial charge in [0.15, 0.2) is 0 Å². The first-order valence-corrected chi connectivity index (χ1v) is 6.20. The maximum atomic E-state index is 14.0. The van der Waals surface area contributed by atoms with Gasteiger partial charge in [-0.3, -0.25) is 4.79 Å². The van der Waals surface area contributed by atoms with E-state index in [1.165, 1.54) is 30.3 Å². The quantitative estimate of drug-likeness (QED) is 0.789. The van der Waals surface area contributed by atoms with Crippen LogP contribution < -0.4 is 5.43 Å². The summed E-state index contributed by atoms with van der Waals surface area (Å²) >= 11 is 0. The summed E-state index contributed by atoms with van der Waals surface area (Å²) in [6, 6.07) is 8.78. The molecular weight excluding hydrogens is 294 g/mol. The molecular formula is C15H8F2N2O3. The number of hydrogen-bond donors (Lipinski definition) is 1. The summed E-state index contributed by atoms with van der Waals surface area (Å²) in [5.74, 6) is -2.92. The number of fused-ring (bicyclic) bond motifs is 1. The number of aromatic carboxylic acids is 1. The molecule has 0 spiro atoms. The van der Waals surface area contributed by atoms with Crippen LogP contribution in [0.2, 0.25) is 0 Å². The van der Waals surface area contributed by atoms with Gasteiger partial charge in [-0.15, -0.1) is 0 Å². The third-order valence-corrected chi connectivity index (χ3v) is 3.13. The Labute approximate surface area is 122 Å². The Morgan fingerprint density at radius 2 is 1.86 bits per heavy atom. The highest BCUT2D eigenvalue weighted by Crippen LogP contribution is 2.19. The van der Waals surface area contributed by atoms with Crippen molar-refractivity contribution < 1.29 is 18.7 Å². The lowest BCUT2D eigenvalue weighted by atomic mass is 10.2. The Kier molecular flexibility index (Phi) is 3.17. The van der Waals surface area contributed by atoms with Gasteiger partial charge in [0, 0.05) is 0 Å². The smallest absolute Gasteiger partial charge is 0.360 e. The Balaban J connectivity index is 2.49. The molecule has 0 bridgehead atoms. The molecule has 1 aromatic heterocycles. The molecule has 22 heavy (non-hydrogen) atoms. The van der Waals surface area contributed by atoms with Crippen LogP contribution >= 0.6 is 0 Å². The standard InChI is InChI=1S/C15H8F2N2O3/c16-8-5-6-11-9(7-8)14(20)13(15(21)22)18-19(11)12-4-2-1-3-10(12)17/h1-7H,(H,21,22). The molecule has 0 aliphatic carbocycles. The predicted molar refractivity (Wildman–Crippen MR) is 74.2 cm³/mol. The SMILES string of the molecule is O=C(O)c1nn(-c2ccccc2F)c2ccc(F)cc2c1=O. The zero-order valence-corrected chi connectivity index (χ0v) is 11.0. The molecule has 0 saturated carbocycles. The second kappa shape index (κ2) is 5.03. The van der Waals surface area contributed by atoms with Gasteiger partial charge in [-0.2, -0.15) is 5.10 Å². The van der Waals surface area contributed by atoms with Crippen LogP contribution in [-0.4, -0.2) is 20.9 Å². The van der Waals surface area contributed by atoms with Crippen molar-refractivity contribution in [2.75, 3.05) is 0 Å². The summed E-state index contributed by atoms with van der Waals surface area (Å²) in [7, 11) is 0. The molecule has 3 aromatic rings. The van der Waals surface area contributed by atoms with Gasteiger partial charge < -0.3 is 5.11 Å². The highest BCUT2D eigenvalue weighted by Gasteiger charge is 2.18. The highest BCUT2D eigenvalue weighted by molar-refractivity contribution is 5.90. The molecule has 1 N–H and O–H groups in total. The van der Waals surface area contributed by atoms with Gasteiger partial charge in [0.1, 0.15) is 17.3 Å². The minimum absolute atomic E-state index is 0.0402. The van der Waals surface area contributed by atoms with Gasteiger partial charge in [-0.25, -0.2) is 18.3 Å². The molecule has 0 unspecified atom stereocenters. The number of nitrogens with zero attached hydrogens (tertiary/aromatic N) is 2. The molecule has 110 valence electrons. The van der Waals surface area contributed by atoms with E-state index >= 15 is 0 Å². The largest absolute Gasteiger partial charge is 0.476 e. The number of benzene rings is 2. The fraction of sp³-hybridized carbons (Fsp3) is 0. The van der Waals surface area contributed by atoms with Crippen molar-refractivity contribution in [3.8, 4) is 5.69 Å². The third kappa shape index (κ3) is 2.12. The zero-order valence-electron chi connectivity index (χ0n) is 11.0. The maximum absolute atomic E-state index is 14.0. The third-order valence-electron chi connectivity index (χ3n) is 3.13. The van der Waals surface area contributed by atoms with E-state index in [2.05, 4.69) is 5.10 Å². The van der Waals surface area contributed by atoms with E-state index in [1.54, 1.807) is 0 Å². The van der Waals surface area contributed by atoms with Crippen LogP contribution in [0.25, 0.3) is 16.6 Å². The van der Waals surface area contributed by atoms with Crippen molar-refractivity contribution in [2.45, 2.75) is 0 Å². The van der Waals surface area contributed by atoms with E-state index in [-0.39, 0.29) is 16.6 Å². The lowest BCUT2D eigenvalue weighted by Gasteiger charge is -2.11. The minimum Gasteiger partial charge on any atom is -0.476 e. The number of carboxylic acid groups (broad SMARTS) is 1. The van der Waals surface area contributed by atoms with Crippen LogP contribution in [0, 0.1) is 11.6 Å². The van der Waals surface area contributed by atoms with Crippen molar-refractivity contribution in [2.24, 2.45) is 0 Å². The van der Waals surface area contributed by atoms with E-state index < -0.39 is 28.7 Å². The first kappa shape index (κ1) is 13.9. The fourth-order valence-electron chi connectivity index (χ4n) is 2.15. The van der Waals surface area contributed by atoms with Gasteiger partial charge in [0.25, 0.3) is 0 Å². The first-order chi connectivity index (χ1) is 10.5. The van der Waals surface area contributed by atoms with Crippen LogP contribution in [0.5, 0.6) is 0 Å². The van der Waals surface area contributed by atoms with Crippen molar-refractivity contribution in [1.82, 2.24) is 9.78 Å². The number of carbonyl (C=O) groups is 1. The first-order valence-electron chi connectivity index (χ1n) is 6.20. The maximum Gasteiger partial charge on any atom is 0.360 e. The normalized spacial score (nSPS) is 10.8. The molecule has 0 aliphatic rings. The summed E-state index contributed by atoms with van der Waals surface area (Å²) in [5, 5.41) is 12.6. The zero-order chi connectivity index (χ0) is 15.9. The second-order valence-corrected chi connectivity index (χ2v) is 4.51. The highest BCUT2D eigenvalue weighted by atomic mass is 19.1. The van der Waals surface area contributed by atoms with E-state index in [1.807, 2.05) is 0 Å². The average Bonchev–Trinajstić information content (AvgIpc) is 2.48. The Morgan fingerprint density at radius 1 is 1.14 bits per heavy atom. The van der Waals surface area contributed by atoms with Crippen LogP contribution in [0.1, 0.15) is 10.5 Å². The number of hydrogen-bond acceptors (Lipinski definition) is 3. The Morgan fingerprint density at radius 3 is 2.55 bits per heavy atom. The van der Waals surface area contributed by atoms with Crippen molar-refractivity contribution in [1.29, 1.82) is 0 Å². The molecule has 0 fully saturated rings. The lowest BCUT2D eigenvalue weighted by molar-refractivity contribution is 0.0687. The van der Waals surface area contributed by atoms with Gasteiger partial charge in [-0.05, 0) is 30.3 Å². The van der Waals surface area contributed by atoms with Crippen molar-refractivity contribution >= 4 is 16.9 Å². The van der Waals surface area contributed by atoms with Gasteiger partial charge in [0.05, 0.1) is 10.9 Å². The van der Waals surface area contributed by atoms with E-state index in [0.717, 1.165) is 16.8 Å². The van der Waals surface area contributed by atoms with Crippen LogP contribution in [0.15, 0.2) is 47.3 Å². The number of aromatic nitrogens is 2. The monoisotopic (exact) mass is 302 g/mol. The fourth-order valence-corrected chi connectivity index (χ4v) is 2.15. The predicted octanol–water partition coefficient (Wildman–Crippen LogP) is 2.36. The van der Waals surface area contributed by atoms with Crippen LogP contribution in [0.4, 0.5) is 8.78 Å². The summed E-state index contributed by atoms with van der Waals surface area (Å²) < 4.78 is 28.3. The second-order valence-electron chi connectivity index (χ2n) is 4.51. The average molecular weight is 302 g/mol. The Hall–Kier alpha value is -3.09. The van der Waals surface area contributed by atoms with E-state index in [4.69, 9.17) is 5.11 Å². The van der Waals surface area contributed by atoms with Crippen molar-refractivity contribution in [3.05, 3.63) is 70.0 Å².